The maximum atomic E-state index is 13.0. The van der Waals surface area contributed by atoms with Crippen LogP contribution in [-0.4, -0.2) is 11.1 Å². The van der Waals surface area contributed by atoms with Crippen molar-refractivity contribution in [2.24, 2.45) is 5.73 Å². The van der Waals surface area contributed by atoms with Crippen LogP contribution in [-0.2, 0) is 6.42 Å². The van der Waals surface area contributed by atoms with Crippen molar-refractivity contribution in [1.29, 1.82) is 0 Å². The third-order valence-electron chi connectivity index (χ3n) is 1.58. The highest BCUT2D eigenvalue weighted by atomic mass is 19.1. The SMILES string of the molecule is C[C@H](N)Cc1ccc(O)cc1F. The molecule has 12 heavy (non-hydrogen) atoms. The molecule has 0 aliphatic carbocycles. The van der Waals surface area contributed by atoms with E-state index >= 15 is 0 Å². The van der Waals surface area contributed by atoms with Crippen LogP contribution in [0.1, 0.15) is 12.5 Å². The smallest absolute Gasteiger partial charge is 0.130 e. The molecule has 3 heteroatoms. The highest BCUT2D eigenvalue weighted by molar-refractivity contribution is 5.28. The predicted octanol–water partition coefficient (Wildman–Crippen LogP) is 1.42. The van der Waals surface area contributed by atoms with Gasteiger partial charge >= 0.3 is 0 Å². The summed E-state index contributed by atoms with van der Waals surface area (Å²) in [5.41, 5.74) is 6.05. The molecule has 0 amide bonds. The average Bonchev–Trinajstić information content (AvgIpc) is 1.94. The Balaban J connectivity index is 2.86. The molecular weight excluding hydrogens is 157 g/mol. The first-order chi connectivity index (χ1) is 5.59. The second-order valence-corrected chi connectivity index (χ2v) is 2.96. The van der Waals surface area contributed by atoms with Crippen molar-refractivity contribution in [3.05, 3.63) is 29.6 Å². The molecule has 0 fully saturated rings. The molecule has 3 N–H and O–H groups in total. The Bertz CT molecular complexity index is 273. The van der Waals surface area contributed by atoms with E-state index in [-0.39, 0.29) is 11.8 Å². The van der Waals surface area contributed by atoms with E-state index in [4.69, 9.17) is 10.8 Å². The van der Waals surface area contributed by atoms with Gasteiger partial charge in [0.25, 0.3) is 0 Å². The van der Waals surface area contributed by atoms with Crippen LogP contribution in [0.25, 0.3) is 0 Å². The molecule has 0 saturated carbocycles. The van der Waals surface area contributed by atoms with Gasteiger partial charge in [-0.25, -0.2) is 4.39 Å². The van der Waals surface area contributed by atoms with Gasteiger partial charge in [0.05, 0.1) is 0 Å². The Morgan fingerprint density at radius 3 is 2.75 bits per heavy atom. The quantitative estimate of drug-likeness (QED) is 0.703. The molecule has 0 bridgehead atoms. The zero-order chi connectivity index (χ0) is 9.14. The standard InChI is InChI=1S/C9H12FNO/c1-6(11)4-7-2-3-8(12)5-9(7)10/h2-3,5-6,12H,4,11H2,1H3/t6-/m0/s1. The first kappa shape index (κ1) is 9.00. The van der Waals surface area contributed by atoms with Gasteiger partial charge in [-0.1, -0.05) is 6.07 Å². The van der Waals surface area contributed by atoms with E-state index in [1.165, 1.54) is 6.07 Å². The molecule has 1 aromatic rings. The van der Waals surface area contributed by atoms with Crippen LogP contribution in [0.15, 0.2) is 18.2 Å². The summed E-state index contributed by atoms with van der Waals surface area (Å²) in [4.78, 5) is 0. The van der Waals surface area contributed by atoms with Crippen LogP contribution in [0.2, 0.25) is 0 Å². The minimum atomic E-state index is -0.396. The van der Waals surface area contributed by atoms with Crippen molar-refractivity contribution in [3.63, 3.8) is 0 Å². The Morgan fingerprint density at radius 2 is 2.25 bits per heavy atom. The van der Waals surface area contributed by atoms with Gasteiger partial charge in [-0.15, -0.1) is 0 Å². The van der Waals surface area contributed by atoms with Crippen molar-refractivity contribution < 1.29 is 9.50 Å². The second kappa shape index (κ2) is 3.54. The van der Waals surface area contributed by atoms with Crippen molar-refractivity contribution >= 4 is 0 Å². The van der Waals surface area contributed by atoms with E-state index in [9.17, 15) is 4.39 Å². The summed E-state index contributed by atoms with van der Waals surface area (Å²) < 4.78 is 13.0. The first-order valence-corrected chi connectivity index (χ1v) is 3.82. The van der Waals surface area contributed by atoms with Gasteiger partial charge in [0.2, 0.25) is 0 Å². The summed E-state index contributed by atoms with van der Waals surface area (Å²) >= 11 is 0. The van der Waals surface area contributed by atoms with Crippen LogP contribution in [0.3, 0.4) is 0 Å². The number of phenols is 1. The zero-order valence-electron chi connectivity index (χ0n) is 6.92. The Labute approximate surface area is 70.8 Å². The minimum absolute atomic E-state index is 0.0547. The largest absolute Gasteiger partial charge is 0.508 e. The molecule has 0 saturated heterocycles. The number of aromatic hydroxyl groups is 1. The summed E-state index contributed by atoms with van der Waals surface area (Å²) in [6.07, 6.45) is 0.492. The van der Waals surface area contributed by atoms with Gasteiger partial charge in [-0.2, -0.15) is 0 Å². The molecule has 0 aliphatic rings. The van der Waals surface area contributed by atoms with Crippen LogP contribution in [0.4, 0.5) is 4.39 Å². The summed E-state index contributed by atoms with van der Waals surface area (Å²) in [6, 6.07) is 4.04. The van der Waals surface area contributed by atoms with E-state index in [0.717, 1.165) is 6.07 Å². The normalized spacial score (nSPS) is 12.9. The van der Waals surface area contributed by atoms with E-state index in [1.807, 2.05) is 6.92 Å². The lowest BCUT2D eigenvalue weighted by molar-refractivity contribution is 0.467. The molecule has 0 heterocycles. The second-order valence-electron chi connectivity index (χ2n) is 2.96. The molecule has 2 nitrogen and oxygen atoms in total. The number of nitrogens with two attached hydrogens (primary N) is 1. The molecule has 1 aromatic carbocycles. The highest BCUT2D eigenvalue weighted by Gasteiger charge is 2.04. The fourth-order valence-corrected chi connectivity index (χ4v) is 1.05. The lowest BCUT2D eigenvalue weighted by Crippen LogP contribution is -2.18. The molecule has 0 aromatic heterocycles. The van der Waals surface area contributed by atoms with Gasteiger partial charge in [-0.3, -0.25) is 0 Å². The molecule has 0 radical (unpaired) electrons. The number of phenolic OH excluding ortho intramolecular Hbond substituents is 1. The van der Waals surface area contributed by atoms with Crippen LogP contribution < -0.4 is 5.73 Å². The molecule has 1 atom stereocenters. The molecule has 1 rings (SSSR count). The topological polar surface area (TPSA) is 46.2 Å². The lowest BCUT2D eigenvalue weighted by atomic mass is 10.1. The van der Waals surface area contributed by atoms with Crippen molar-refractivity contribution in [2.75, 3.05) is 0 Å². The van der Waals surface area contributed by atoms with Crippen LogP contribution >= 0.6 is 0 Å². The van der Waals surface area contributed by atoms with Gasteiger partial charge in [-0.05, 0) is 25.0 Å². The summed E-state index contributed by atoms with van der Waals surface area (Å²) in [6.45, 7) is 1.81. The molecular formula is C9H12FNO. The molecule has 0 aliphatic heterocycles. The first-order valence-electron chi connectivity index (χ1n) is 3.82. The fourth-order valence-electron chi connectivity index (χ4n) is 1.05. The number of benzene rings is 1. The monoisotopic (exact) mass is 169 g/mol. The zero-order valence-corrected chi connectivity index (χ0v) is 6.92. The van der Waals surface area contributed by atoms with Gasteiger partial charge in [0.15, 0.2) is 0 Å². The van der Waals surface area contributed by atoms with E-state index < -0.39 is 5.82 Å². The highest BCUT2D eigenvalue weighted by Crippen LogP contribution is 2.15. The van der Waals surface area contributed by atoms with E-state index in [2.05, 4.69) is 0 Å². The maximum absolute atomic E-state index is 13.0. The van der Waals surface area contributed by atoms with Crippen LogP contribution in [0, 0.1) is 5.82 Å². The maximum Gasteiger partial charge on any atom is 0.130 e. The third-order valence-corrected chi connectivity index (χ3v) is 1.58. The van der Waals surface area contributed by atoms with Crippen molar-refractivity contribution in [3.8, 4) is 5.75 Å². The Morgan fingerprint density at radius 1 is 1.58 bits per heavy atom. The lowest BCUT2D eigenvalue weighted by Gasteiger charge is -2.05. The molecule has 0 spiro atoms. The third kappa shape index (κ3) is 2.20. The predicted molar refractivity (Wildman–Crippen MR) is 45.4 cm³/mol. The number of hydrogen-bond acceptors (Lipinski definition) is 2. The van der Waals surface area contributed by atoms with Gasteiger partial charge in [0.1, 0.15) is 11.6 Å². The number of halogens is 1. The van der Waals surface area contributed by atoms with Crippen LogP contribution in [0.5, 0.6) is 5.75 Å². The minimum Gasteiger partial charge on any atom is -0.508 e. The molecule has 66 valence electrons. The summed E-state index contributed by atoms with van der Waals surface area (Å²) in [5, 5.41) is 8.90. The fraction of sp³-hybridized carbons (Fsp3) is 0.333. The Hall–Kier alpha value is -1.09. The van der Waals surface area contributed by atoms with E-state index in [0.29, 0.717) is 12.0 Å². The molecule has 0 unspecified atom stereocenters. The van der Waals surface area contributed by atoms with Crippen molar-refractivity contribution in [2.45, 2.75) is 19.4 Å². The number of rotatable bonds is 2. The van der Waals surface area contributed by atoms with Gasteiger partial charge in [0, 0.05) is 12.1 Å². The summed E-state index contributed by atoms with van der Waals surface area (Å²) in [7, 11) is 0. The Kier molecular flexibility index (Phi) is 2.65. The van der Waals surface area contributed by atoms with Gasteiger partial charge < -0.3 is 10.8 Å². The summed E-state index contributed by atoms with van der Waals surface area (Å²) in [5.74, 6) is -0.451. The van der Waals surface area contributed by atoms with E-state index in [1.54, 1.807) is 6.07 Å². The van der Waals surface area contributed by atoms with Crippen molar-refractivity contribution in [1.82, 2.24) is 0 Å². The average molecular weight is 169 g/mol. The number of hydrogen-bond donors (Lipinski definition) is 2.